The Morgan fingerprint density at radius 2 is 1.86 bits per heavy atom. The molecule has 0 amide bonds. The number of benzene rings is 1. The van der Waals surface area contributed by atoms with E-state index >= 15 is 0 Å². The predicted molar refractivity (Wildman–Crippen MR) is 58.7 cm³/mol. The molecule has 0 unspecified atom stereocenters. The molecule has 0 saturated heterocycles. The van der Waals surface area contributed by atoms with Crippen molar-refractivity contribution in [2.24, 2.45) is 0 Å². The highest BCUT2D eigenvalue weighted by molar-refractivity contribution is 5.78. The van der Waals surface area contributed by atoms with Gasteiger partial charge in [-0.1, -0.05) is 30.3 Å². The first kappa shape index (κ1) is 8.82. The molecule has 0 N–H and O–H groups in total. The van der Waals surface area contributed by atoms with Crippen LogP contribution in [0.3, 0.4) is 0 Å². The summed E-state index contributed by atoms with van der Waals surface area (Å²) in [5.41, 5.74) is 2.43. The molecular weight excluding hydrogens is 172 g/mol. The van der Waals surface area contributed by atoms with Crippen molar-refractivity contribution in [3.05, 3.63) is 60.1 Å². The number of rotatable bonds is 2. The summed E-state index contributed by atoms with van der Waals surface area (Å²) in [5.74, 6) is 0.895. The van der Waals surface area contributed by atoms with Crippen LogP contribution in [-0.4, -0.2) is 0 Å². The van der Waals surface area contributed by atoms with Gasteiger partial charge in [-0.3, -0.25) is 0 Å². The molecule has 0 radical (unpaired) electrons. The second-order valence-electron chi connectivity index (χ2n) is 3.21. The van der Waals surface area contributed by atoms with Crippen molar-refractivity contribution >= 4 is 11.6 Å². The lowest BCUT2D eigenvalue weighted by atomic mass is 10.1. The molecule has 0 bridgehead atoms. The normalized spacial score (nSPS) is 11.6. The summed E-state index contributed by atoms with van der Waals surface area (Å²) < 4.78 is 5.25. The van der Waals surface area contributed by atoms with Crippen molar-refractivity contribution in [2.45, 2.75) is 6.92 Å². The molecule has 0 aliphatic carbocycles. The van der Waals surface area contributed by atoms with Gasteiger partial charge in [0.2, 0.25) is 0 Å². The molecule has 1 heterocycles. The van der Waals surface area contributed by atoms with Gasteiger partial charge >= 0.3 is 0 Å². The lowest BCUT2D eigenvalue weighted by Crippen LogP contribution is -1.77. The number of allylic oxidation sites excluding steroid dienone is 1. The standard InChI is InChI=1S/C13H12O/c1-11(10-13-8-5-9-14-13)12-6-3-2-4-7-12/h2-10H,1H3/b11-10+. The van der Waals surface area contributed by atoms with Gasteiger partial charge in [-0.2, -0.15) is 0 Å². The topological polar surface area (TPSA) is 13.1 Å². The van der Waals surface area contributed by atoms with Gasteiger partial charge in [-0.15, -0.1) is 0 Å². The predicted octanol–water partition coefficient (Wildman–Crippen LogP) is 3.84. The van der Waals surface area contributed by atoms with Gasteiger partial charge in [0.15, 0.2) is 0 Å². The van der Waals surface area contributed by atoms with Gasteiger partial charge in [0.1, 0.15) is 5.76 Å². The van der Waals surface area contributed by atoms with E-state index in [-0.39, 0.29) is 0 Å². The summed E-state index contributed by atoms with van der Waals surface area (Å²) in [6.45, 7) is 2.08. The summed E-state index contributed by atoms with van der Waals surface area (Å²) in [4.78, 5) is 0. The van der Waals surface area contributed by atoms with Crippen molar-refractivity contribution in [1.29, 1.82) is 0 Å². The van der Waals surface area contributed by atoms with Crippen LogP contribution in [0.1, 0.15) is 18.2 Å². The molecule has 1 heteroatoms. The molecule has 0 spiro atoms. The van der Waals surface area contributed by atoms with E-state index < -0.39 is 0 Å². The maximum atomic E-state index is 5.25. The first-order valence-electron chi connectivity index (χ1n) is 4.63. The second kappa shape index (κ2) is 3.97. The number of furan rings is 1. The van der Waals surface area contributed by atoms with Gasteiger partial charge in [0.25, 0.3) is 0 Å². The molecule has 1 nitrogen and oxygen atoms in total. The Bertz CT molecular complexity index is 410. The van der Waals surface area contributed by atoms with Gasteiger partial charge in [0.05, 0.1) is 6.26 Å². The average molecular weight is 184 g/mol. The zero-order valence-electron chi connectivity index (χ0n) is 8.10. The van der Waals surface area contributed by atoms with E-state index in [1.54, 1.807) is 6.26 Å². The molecule has 0 atom stereocenters. The molecule has 1 aromatic carbocycles. The second-order valence-corrected chi connectivity index (χ2v) is 3.21. The van der Waals surface area contributed by atoms with Crippen LogP contribution in [0.5, 0.6) is 0 Å². The fourth-order valence-electron chi connectivity index (χ4n) is 1.37. The van der Waals surface area contributed by atoms with E-state index in [0.29, 0.717) is 0 Å². The lowest BCUT2D eigenvalue weighted by Gasteiger charge is -1.99. The van der Waals surface area contributed by atoms with Crippen LogP contribution in [-0.2, 0) is 0 Å². The molecule has 0 aliphatic rings. The van der Waals surface area contributed by atoms with Gasteiger partial charge in [0, 0.05) is 0 Å². The molecular formula is C13H12O. The Balaban J connectivity index is 2.29. The van der Waals surface area contributed by atoms with E-state index in [1.165, 1.54) is 11.1 Å². The third-order valence-electron chi connectivity index (χ3n) is 2.13. The summed E-state index contributed by atoms with van der Waals surface area (Å²) in [5, 5.41) is 0. The van der Waals surface area contributed by atoms with Crippen LogP contribution in [0.4, 0.5) is 0 Å². The van der Waals surface area contributed by atoms with Crippen molar-refractivity contribution in [3.8, 4) is 0 Å². The lowest BCUT2D eigenvalue weighted by molar-refractivity contribution is 0.557. The molecule has 2 aromatic rings. The van der Waals surface area contributed by atoms with Gasteiger partial charge < -0.3 is 4.42 Å². The van der Waals surface area contributed by atoms with Gasteiger partial charge in [-0.25, -0.2) is 0 Å². The van der Waals surface area contributed by atoms with Crippen molar-refractivity contribution in [2.75, 3.05) is 0 Å². The maximum Gasteiger partial charge on any atom is 0.126 e. The fraction of sp³-hybridized carbons (Fsp3) is 0.0769. The highest BCUT2D eigenvalue weighted by Crippen LogP contribution is 2.16. The maximum absolute atomic E-state index is 5.25. The molecule has 0 fully saturated rings. The Hall–Kier alpha value is -1.76. The van der Waals surface area contributed by atoms with Crippen LogP contribution >= 0.6 is 0 Å². The summed E-state index contributed by atoms with van der Waals surface area (Å²) in [7, 11) is 0. The molecule has 2 rings (SSSR count). The van der Waals surface area contributed by atoms with Gasteiger partial charge in [-0.05, 0) is 36.3 Å². The minimum absolute atomic E-state index is 0.895. The summed E-state index contributed by atoms with van der Waals surface area (Å²) >= 11 is 0. The largest absolute Gasteiger partial charge is 0.465 e. The fourth-order valence-corrected chi connectivity index (χ4v) is 1.37. The molecule has 70 valence electrons. The van der Waals surface area contributed by atoms with E-state index in [1.807, 2.05) is 36.4 Å². The molecule has 0 aliphatic heterocycles. The van der Waals surface area contributed by atoms with Crippen LogP contribution in [0.2, 0.25) is 0 Å². The number of hydrogen-bond acceptors (Lipinski definition) is 1. The van der Waals surface area contributed by atoms with Crippen LogP contribution in [0.25, 0.3) is 11.6 Å². The van der Waals surface area contributed by atoms with Crippen molar-refractivity contribution in [3.63, 3.8) is 0 Å². The Morgan fingerprint density at radius 3 is 2.50 bits per heavy atom. The Morgan fingerprint density at radius 1 is 1.07 bits per heavy atom. The highest BCUT2D eigenvalue weighted by Gasteiger charge is 1.95. The van der Waals surface area contributed by atoms with Crippen molar-refractivity contribution in [1.82, 2.24) is 0 Å². The SMILES string of the molecule is C/C(=C\c1ccco1)c1ccccc1. The van der Waals surface area contributed by atoms with E-state index in [9.17, 15) is 0 Å². The first-order valence-corrected chi connectivity index (χ1v) is 4.63. The minimum Gasteiger partial charge on any atom is -0.465 e. The molecule has 1 aromatic heterocycles. The third-order valence-corrected chi connectivity index (χ3v) is 2.13. The Labute approximate surface area is 83.7 Å². The third kappa shape index (κ3) is 1.94. The zero-order valence-corrected chi connectivity index (χ0v) is 8.10. The van der Waals surface area contributed by atoms with Crippen LogP contribution in [0.15, 0.2) is 53.1 Å². The smallest absolute Gasteiger partial charge is 0.126 e. The summed E-state index contributed by atoms with van der Waals surface area (Å²) in [6, 6.07) is 14.1. The quantitative estimate of drug-likeness (QED) is 0.691. The van der Waals surface area contributed by atoms with E-state index in [4.69, 9.17) is 4.42 Å². The zero-order chi connectivity index (χ0) is 9.80. The number of hydrogen-bond donors (Lipinski definition) is 0. The summed E-state index contributed by atoms with van der Waals surface area (Å²) in [6.07, 6.45) is 3.72. The molecule has 0 saturated carbocycles. The molecule has 14 heavy (non-hydrogen) atoms. The minimum atomic E-state index is 0.895. The average Bonchev–Trinajstić information content (AvgIpc) is 2.72. The van der Waals surface area contributed by atoms with Crippen LogP contribution < -0.4 is 0 Å². The van der Waals surface area contributed by atoms with E-state index in [2.05, 4.69) is 19.1 Å². The van der Waals surface area contributed by atoms with Crippen LogP contribution in [0, 0.1) is 0 Å². The van der Waals surface area contributed by atoms with E-state index in [0.717, 1.165) is 5.76 Å². The first-order chi connectivity index (χ1) is 6.86. The monoisotopic (exact) mass is 184 g/mol. The Kier molecular flexibility index (Phi) is 2.50. The highest BCUT2D eigenvalue weighted by atomic mass is 16.3. The van der Waals surface area contributed by atoms with Crippen molar-refractivity contribution < 1.29 is 4.42 Å².